The van der Waals surface area contributed by atoms with Crippen molar-refractivity contribution in [2.45, 2.75) is 47.1 Å². The zero-order valence-corrected chi connectivity index (χ0v) is 15.1. The number of hydrogen-bond acceptors (Lipinski definition) is 3. The van der Waals surface area contributed by atoms with Gasteiger partial charge in [0.1, 0.15) is 5.82 Å². The molecule has 0 aliphatic carbocycles. The van der Waals surface area contributed by atoms with Gasteiger partial charge in [0.05, 0.1) is 11.4 Å². The molecular formula is C19H28FN3O. The van der Waals surface area contributed by atoms with Crippen molar-refractivity contribution in [1.29, 1.82) is 0 Å². The largest absolute Gasteiger partial charge is 0.396 e. The molecule has 5 heteroatoms. The zero-order valence-electron chi connectivity index (χ0n) is 15.1. The first-order chi connectivity index (χ1) is 11.3. The van der Waals surface area contributed by atoms with Gasteiger partial charge in [-0.1, -0.05) is 13.8 Å². The molecular weight excluding hydrogens is 305 g/mol. The highest BCUT2D eigenvalue weighted by molar-refractivity contribution is 5.37. The van der Waals surface area contributed by atoms with E-state index in [4.69, 9.17) is 0 Å². The summed E-state index contributed by atoms with van der Waals surface area (Å²) in [4.78, 5) is 0. The third-order valence-corrected chi connectivity index (χ3v) is 4.45. The Morgan fingerprint density at radius 1 is 1.21 bits per heavy atom. The maximum absolute atomic E-state index is 13.1. The van der Waals surface area contributed by atoms with Gasteiger partial charge in [-0.05, 0) is 62.9 Å². The standard InChI is InChI=1S/C19H28FN3O/c1-14-18(12-21-11-5-10-19(3,4)13-24)15(2)23(22-14)17-8-6-16(20)7-9-17/h6-9,21,24H,5,10-13H2,1-4H3. The molecule has 132 valence electrons. The van der Waals surface area contributed by atoms with E-state index < -0.39 is 0 Å². The summed E-state index contributed by atoms with van der Waals surface area (Å²) < 4.78 is 14.9. The summed E-state index contributed by atoms with van der Waals surface area (Å²) in [6.45, 7) is 10.1. The predicted octanol–water partition coefficient (Wildman–Crippen LogP) is 3.52. The van der Waals surface area contributed by atoms with E-state index in [2.05, 4.69) is 24.3 Å². The fraction of sp³-hybridized carbons (Fsp3) is 0.526. The molecule has 4 nitrogen and oxygen atoms in total. The Hall–Kier alpha value is -1.72. The van der Waals surface area contributed by atoms with Gasteiger partial charge in [-0.15, -0.1) is 0 Å². The number of aryl methyl sites for hydroxylation is 1. The van der Waals surface area contributed by atoms with Gasteiger partial charge in [-0.25, -0.2) is 9.07 Å². The molecule has 0 unspecified atom stereocenters. The van der Waals surface area contributed by atoms with Crippen LogP contribution in [0.15, 0.2) is 24.3 Å². The Morgan fingerprint density at radius 3 is 2.50 bits per heavy atom. The Labute approximate surface area is 143 Å². The first-order valence-corrected chi connectivity index (χ1v) is 8.47. The monoisotopic (exact) mass is 333 g/mol. The minimum atomic E-state index is -0.243. The van der Waals surface area contributed by atoms with Crippen molar-refractivity contribution in [3.63, 3.8) is 0 Å². The van der Waals surface area contributed by atoms with Crippen LogP contribution in [0, 0.1) is 25.1 Å². The van der Waals surface area contributed by atoms with Gasteiger partial charge in [-0.2, -0.15) is 5.10 Å². The molecule has 1 aromatic carbocycles. The Kier molecular flexibility index (Phi) is 6.13. The molecule has 0 spiro atoms. The molecule has 24 heavy (non-hydrogen) atoms. The van der Waals surface area contributed by atoms with Crippen LogP contribution in [-0.4, -0.2) is 28.0 Å². The van der Waals surface area contributed by atoms with Crippen molar-refractivity contribution in [1.82, 2.24) is 15.1 Å². The van der Waals surface area contributed by atoms with Crippen molar-refractivity contribution < 1.29 is 9.50 Å². The summed E-state index contributed by atoms with van der Waals surface area (Å²) in [6.07, 6.45) is 2.01. The second kappa shape index (κ2) is 7.90. The van der Waals surface area contributed by atoms with Crippen LogP contribution in [0.2, 0.25) is 0 Å². The van der Waals surface area contributed by atoms with Gasteiger partial charge >= 0.3 is 0 Å². The Balaban J connectivity index is 1.96. The summed E-state index contributed by atoms with van der Waals surface area (Å²) >= 11 is 0. The molecule has 1 heterocycles. The topological polar surface area (TPSA) is 50.1 Å². The number of nitrogens with zero attached hydrogens (tertiary/aromatic N) is 2. The van der Waals surface area contributed by atoms with Crippen molar-refractivity contribution in [2.24, 2.45) is 5.41 Å². The highest BCUT2D eigenvalue weighted by atomic mass is 19.1. The lowest BCUT2D eigenvalue weighted by Gasteiger charge is -2.21. The minimum absolute atomic E-state index is 0.0129. The first kappa shape index (κ1) is 18.6. The Bertz CT molecular complexity index is 662. The van der Waals surface area contributed by atoms with Crippen molar-refractivity contribution in [2.75, 3.05) is 13.2 Å². The molecule has 2 aromatic rings. The quantitative estimate of drug-likeness (QED) is 0.727. The number of aliphatic hydroxyl groups excluding tert-OH is 1. The number of halogens is 1. The molecule has 2 N–H and O–H groups in total. The fourth-order valence-corrected chi connectivity index (χ4v) is 2.75. The lowest BCUT2D eigenvalue weighted by Crippen LogP contribution is -2.21. The second-order valence-corrected chi connectivity index (χ2v) is 7.14. The van der Waals surface area contributed by atoms with Gasteiger partial charge in [-0.3, -0.25) is 0 Å². The fourth-order valence-electron chi connectivity index (χ4n) is 2.75. The Morgan fingerprint density at radius 2 is 1.88 bits per heavy atom. The van der Waals surface area contributed by atoms with E-state index in [1.807, 2.05) is 18.5 Å². The molecule has 0 fully saturated rings. The molecule has 0 radical (unpaired) electrons. The molecule has 0 saturated heterocycles. The SMILES string of the molecule is Cc1nn(-c2ccc(F)cc2)c(C)c1CNCCCC(C)(C)CO. The van der Waals surface area contributed by atoms with E-state index in [0.29, 0.717) is 0 Å². The average Bonchev–Trinajstić information content (AvgIpc) is 2.83. The van der Waals surface area contributed by atoms with Gasteiger partial charge in [0.25, 0.3) is 0 Å². The summed E-state index contributed by atoms with van der Waals surface area (Å²) in [5, 5.41) is 17.3. The number of rotatable bonds is 8. The number of aromatic nitrogens is 2. The van der Waals surface area contributed by atoms with Crippen molar-refractivity contribution >= 4 is 0 Å². The lowest BCUT2D eigenvalue weighted by molar-refractivity contribution is 0.148. The van der Waals surface area contributed by atoms with Crippen LogP contribution >= 0.6 is 0 Å². The predicted molar refractivity (Wildman–Crippen MR) is 94.8 cm³/mol. The van der Waals surface area contributed by atoms with E-state index in [9.17, 15) is 9.50 Å². The molecule has 2 rings (SSSR count). The molecule has 0 aliphatic rings. The third-order valence-electron chi connectivity index (χ3n) is 4.45. The molecule has 1 aromatic heterocycles. The van der Waals surface area contributed by atoms with Gasteiger partial charge in [0.2, 0.25) is 0 Å². The van der Waals surface area contributed by atoms with E-state index in [-0.39, 0.29) is 17.8 Å². The summed E-state index contributed by atoms with van der Waals surface area (Å²) in [5.74, 6) is -0.243. The number of aliphatic hydroxyl groups is 1. The van der Waals surface area contributed by atoms with Crippen LogP contribution in [0.25, 0.3) is 5.69 Å². The lowest BCUT2D eigenvalue weighted by atomic mass is 9.89. The van der Waals surface area contributed by atoms with Crippen LogP contribution < -0.4 is 5.32 Å². The average molecular weight is 333 g/mol. The highest BCUT2D eigenvalue weighted by Gasteiger charge is 2.16. The first-order valence-electron chi connectivity index (χ1n) is 8.47. The summed E-state index contributed by atoms with van der Waals surface area (Å²) in [5.41, 5.74) is 4.09. The van der Waals surface area contributed by atoms with E-state index in [1.165, 1.54) is 17.7 Å². The molecule has 0 saturated carbocycles. The van der Waals surface area contributed by atoms with Crippen molar-refractivity contribution in [3.05, 3.63) is 47.0 Å². The normalized spacial score (nSPS) is 11.9. The number of nitrogens with one attached hydrogen (secondary N) is 1. The third kappa shape index (κ3) is 4.65. The number of benzene rings is 1. The van der Waals surface area contributed by atoms with Crippen LogP contribution in [0.1, 0.15) is 43.6 Å². The zero-order chi connectivity index (χ0) is 17.7. The second-order valence-electron chi connectivity index (χ2n) is 7.14. The molecule has 0 amide bonds. The smallest absolute Gasteiger partial charge is 0.123 e. The van der Waals surface area contributed by atoms with Crippen LogP contribution in [0.4, 0.5) is 4.39 Å². The van der Waals surface area contributed by atoms with Crippen molar-refractivity contribution in [3.8, 4) is 5.69 Å². The van der Waals surface area contributed by atoms with Crippen LogP contribution in [0.3, 0.4) is 0 Å². The maximum Gasteiger partial charge on any atom is 0.123 e. The van der Waals surface area contributed by atoms with Gasteiger partial charge in [0, 0.05) is 24.4 Å². The minimum Gasteiger partial charge on any atom is -0.396 e. The van der Waals surface area contributed by atoms with Gasteiger partial charge < -0.3 is 10.4 Å². The molecule has 0 aliphatic heterocycles. The highest BCUT2D eigenvalue weighted by Crippen LogP contribution is 2.21. The molecule has 0 atom stereocenters. The maximum atomic E-state index is 13.1. The number of hydrogen-bond donors (Lipinski definition) is 2. The van der Waals surface area contributed by atoms with E-state index in [1.54, 1.807) is 12.1 Å². The van der Waals surface area contributed by atoms with E-state index in [0.717, 1.165) is 43.0 Å². The molecule has 0 bridgehead atoms. The van der Waals surface area contributed by atoms with Crippen LogP contribution in [-0.2, 0) is 6.54 Å². The van der Waals surface area contributed by atoms with Crippen LogP contribution in [0.5, 0.6) is 0 Å². The summed E-state index contributed by atoms with van der Waals surface area (Å²) in [6, 6.07) is 6.38. The van der Waals surface area contributed by atoms with Gasteiger partial charge in [0.15, 0.2) is 0 Å². The van der Waals surface area contributed by atoms with E-state index >= 15 is 0 Å². The summed E-state index contributed by atoms with van der Waals surface area (Å²) in [7, 11) is 0.